The predicted octanol–water partition coefficient (Wildman–Crippen LogP) is 1.96. The number of tetrazole rings is 1. The minimum atomic E-state index is -0.378. The van der Waals surface area contributed by atoms with Crippen molar-refractivity contribution >= 4 is 23.2 Å². The van der Waals surface area contributed by atoms with Crippen LogP contribution >= 0.6 is 0 Å². The standard InChI is InChI=1S/C19H18N6O2/c1-13-9-15(7-8-17(13)25-12-20-22-23-25)21-19(27)14-10-18(26)24(11-14)16-5-3-2-4-6-16/h2-9,12,14H,10-11H2,1H3,(H,21,27). The third-order valence-corrected chi connectivity index (χ3v) is 4.62. The zero-order valence-electron chi connectivity index (χ0n) is 14.7. The van der Waals surface area contributed by atoms with Crippen molar-refractivity contribution in [3.63, 3.8) is 0 Å². The van der Waals surface area contributed by atoms with E-state index in [0.717, 1.165) is 16.9 Å². The smallest absolute Gasteiger partial charge is 0.229 e. The summed E-state index contributed by atoms with van der Waals surface area (Å²) in [5, 5.41) is 14.0. The molecule has 1 saturated heterocycles. The Hall–Kier alpha value is -3.55. The van der Waals surface area contributed by atoms with Crippen LogP contribution in [0.1, 0.15) is 12.0 Å². The molecule has 0 aliphatic carbocycles. The van der Waals surface area contributed by atoms with Crippen molar-refractivity contribution < 1.29 is 9.59 Å². The highest BCUT2D eigenvalue weighted by Gasteiger charge is 2.35. The lowest BCUT2D eigenvalue weighted by Gasteiger charge is -2.16. The second kappa shape index (κ2) is 6.99. The molecule has 136 valence electrons. The van der Waals surface area contributed by atoms with Crippen LogP contribution in [0.4, 0.5) is 11.4 Å². The van der Waals surface area contributed by atoms with Crippen LogP contribution in [0.15, 0.2) is 54.9 Å². The van der Waals surface area contributed by atoms with Gasteiger partial charge in [-0.3, -0.25) is 9.59 Å². The Morgan fingerprint density at radius 2 is 2.00 bits per heavy atom. The molecule has 2 aromatic carbocycles. The summed E-state index contributed by atoms with van der Waals surface area (Å²) in [5.41, 5.74) is 3.26. The number of nitrogens with zero attached hydrogens (tertiary/aromatic N) is 5. The van der Waals surface area contributed by atoms with Gasteiger partial charge in [0.2, 0.25) is 11.8 Å². The van der Waals surface area contributed by atoms with Gasteiger partial charge in [0.1, 0.15) is 6.33 Å². The zero-order chi connectivity index (χ0) is 18.8. The SMILES string of the molecule is Cc1cc(NC(=O)C2CC(=O)N(c3ccccc3)C2)ccc1-n1cnnn1. The van der Waals surface area contributed by atoms with Gasteiger partial charge < -0.3 is 10.2 Å². The summed E-state index contributed by atoms with van der Waals surface area (Å²) in [7, 11) is 0. The van der Waals surface area contributed by atoms with Gasteiger partial charge in [0, 0.05) is 24.3 Å². The van der Waals surface area contributed by atoms with E-state index in [4.69, 9.17) is 0 Å². The van der Waals surface area contributed by atoms with Crippen LogP contribution in [0.3, 0.4) is 0 Å². The van der Waals surface area contributed by atoms with Gasteiger partial charge in [-0.15, -0.1) is 5.10 Å². The van der Waals surface area contributed by atoms with Gasteiger partial charge in [-0.2, -0.15) is 0 Å². The van der Waals surface area contributed by atoms with E-state index in [0.29, 0.717) is 12.2 Å². The quantitative estimate of drug-likeness (QED) is 0.766. The number of hydrogen-bond acceptors (Lipinski definition) is 5. The highest BCUT2D eigenvalue weighted by molar-refractivity contribution is 6.03. The zero-order valence-corrected chi connectivity index (χ0v) is 14.7. The van der Waals surface area contributed by atoms with Crippen molar-refractivity contribution in [2.75, 3.05) is 16.8 Å². The normalized spacial score (nSPS) is 16.6. The number of carbonyl (C=O) groups is 2. The Morgan fingerprint density at radius 3 is 2.70 bits per heavy atom. The first-order valence-electron chi connectivity index (χ1n) is 8.62. The molecule has 4 rings (SSSR count). The van der Waals surface area contributed by atoms with Crippen LogP contribution in [0, 0.1) is 12.8 Å². The summed E-state index contributed by atoms with van der Waals surface area (Å²) in [5.74, 6) is -0.569. The number of aromatic nitrogens is 4. The number of carbonyl (C=O) groups excluding carboxylic acids is 2. The van der Waals surface area contributed by atoms with Crippen LogP contribution in [-0.2, 0) is 9.59 Å². The van der Waals surface area contributed by atoms with Gasteiger partial charge in [0.15, 0.2) is 0 Å². The predicted molar refractivity (Wildman–Crippen MR) is 99.4 cm³/mol. The number of para-hydroxylation sites is 1. The highest BCUT2D eigenvalue weighted by atomic mass is 16.2. The number of aryl methyl sites for hydroxylation is 1. The fraction of sp³-hybridized carbons (Fsp3) is 0.211. The first kappa shape index (κ1) is 16.9. The lowest BCUT2D eigenvalue weighted by atomic mass is 10.1. The van der Waals surface area contributed by atoms with Crippen molar-refractivity contribution in [2.45, 2.75) is 13.3 Å². The third kappa shape index (κ3) is 3.41. The van der Waals surface area contributed by atoms with Gasteiger partial charge in [0.05, 0.1) is 11.6 Å². The molecule has 1 unspecified atom stereocenters. The van der Waals surface area contributed by atoms with Crippen LogP contribution in [0.25, 0.3) is 5.69 Å². The maximum Gasteiger partial charge on any atom is 0.229 e. The van der Waals surface area contributed by atoms with Crippen LogP contribution in [-0.4, -0.2) is 38.6 Å². The van der Waals surface area contributed by atoms with Gasteiger partial charge >= 0.3 is 0 Å². The summed E-state index contributed by atoms with van der Waals surface area (Å²) in [6, 6.07) is 14.9. The van der Waals surface area contributed by atoms with Crippen molar-refractivity contribution in [2.24, 2.45) is 5.92 Å². The fourth-order valence-electron chi connectivity index (χ4n) is 3.25. The van der Waals surface area contributed by atoms with E-state index in [2.05, 4.69) is 20.8 Å². The maximum absolute atomic E-state index is 12.6. The molecule has 1 atom stereocenters. The van der Waals surface area contributed by atoms with Crippen molar-refractivity contribution in [3.8, 4) is 5.69 Å². The molecule has 0 saturated carbocycles. The van der Waals surface area contributed by atoms with E-state index in [1.54, 1.807) is 15.6 Å². The number of amides is 2. The number of rotatable bonds is 4. The number of benzene rings is 2. The number of anilines is 2. The Bertz CT molecular complexity index is 971. The van der Waals surface area contributed by atoms with E-state index in [-0.39, 0.29) is 24.2 Å². The average Bonchev–Trinajstić information content (AvgIpc) is 3.32. The third-order valence-electron chi connectivity index (χ3n) is 4.62. The van der Waals surface area contributed by atoms with Crippen molar-refractivity contribution in [1.82, 2.24) is 20.2 Å². The molecule has 1 aromatic heterocycles. The maximum atomic E-state index is 12.6. The van der Waals surface area contributed by atoms with Gasteiger partial charge in [-0.1, -0.05) is 18.2 Å². The van der Waals surface area contributed by atoms with E-state index in [1.807, 2.05) is 49.4 Å². The Morgan fingerprint density at radius 1 is 1.19 bits per heavy atom. The number of hydrogen-bond donors (Lipinski definition) is 1. The minimum absolute atomic E-state index is 0.0356. The van der Waals surface area contributed by atoms with E-state index < -0.39 is 0 Å². The van der Waals surface area contributed by atoms with Gasteiger partial charge in [0.25, 0.3) is 0 Å². The monoisotopic (exact) mass is 362 g/mol. The fourth-order valence-corrected chi connectivity index (χ4v) is 3.25. The van der Waals surface area contributed by atoms with E-state index in [9.17, 15) is 9.59 Å². The molecule has 3 aromatic rings. The van der Waals surface area contributed by atoms with Crippen LogP contribution < -0.4 is 10.2 Å². The second-order valence-corrected chi connectivity index (χ2v) is 6.49. The first-order chi connectivity index (χ1) is 13.1. The molecule has 8 nitrogen and oxygen atoms in total. The molecule has 27 heavy (non-hydrogen) atoms. The van der Waals surface area contributed by atoms with Crippen LogP contribution in [0.5, 0.6) is 0 Å². The Kier molecular flexibility index (Phi) is 4.37. The molecule has 2 amide bonds. The summed E-state index contributed by atoms with van der Waals surface area (Å²) < 4.78 is 1.56. The van der Waals surface area contributed by atoms with E-state index >= 15 is 0 Å². The summed E-state index contributed by atoms with van der Waals surface area (Å²) in [4.78, 5) is 26.6. The lowest BCUT2D eigenvalue weighted by molar-refractivity contribution is -0.122. The molecule has 0 radical (unpaired) electrons. The van der Waals surface area contributed by atoms with E-state index in [1.165, 1.54) is 6.33 Å². The summed E-state index contributed by atoms with van der Waals surface area (Å²) in [6.07, 6.45) is 1.73. The summed E-state index contributed by atoms with van der Waals surface area (Å²) >= 11 is 0. The van der Waals surface area contributed by atoms with Crippen LogP contribution in [0.2, 0.25) is 0 Å². The molecular weight excluding hydrogens is 344 g/mol. The molecule has 0 spiro atoms. The second-order valence-electron chi connectivity index (χ2n) is 6.49. The molecule has 2 heterocycles. The minimum Gasteiger partial charge on any atom is -0.326 e. The van der Waals surface area contributed by atoms with Gasteiger partial charge in [-0.25, -0.2) is 4.68 Å². The molecule has 1 N–H and O–H groups in total. The molecule has 1 fully saturated rings. The molecule has 1 aliphatic rings. The van der Waals surface area contributed by atoms with Crippen molar-refractivity contribution in [1.29, 1.82) is 0 Å². The van der Waals surface area contributed by atoms with Crippen molar-refractivity contribution in [3.05, 3.63) is 60.4 Å². The molecule has 1 aliphatic heterocycles. The largest absolute Gasteiger partial charge is 0.326 e. The summed E-state index contributed by atoms with van der Waals surface area (Å²) in [6.45, 7) is 2.30. The number of nitrogens with one attached hydrogen (secondary N) is 1. The molecular formula is C19H18N6O2. The average molecular weight is 362 g/mol. The topological polar surface area (TPSA) is 93.0 Å². The first-order valence-corrected chi connectivity index (χ1v) is 8.62. The van der Waals surface area contributed by atoms with Gasteiger partial charge in [-0.05, 0) is 53.2 Å². The lowest BCUT2D eigenvalue weighted by Crippen LogP contribution is -2.28. The highest BCUT2D eigenvalue weighted by Crippen LogP contribution is 2.26. The Balaban J connectivity index is 1.45. The Labute approximate surface area is 155 Å². The molecule has 0 bridgehead atoms. The molecule has 8 heteroatoms.